The summed E-state index contributed by atoms with van der Waals surface area (Å²) in [6.07, 6.45) is 2.16. The van der Waals surface area contributed by atoms with Crippen LogP contribution in [0, 0.1) is 5.92 Å². The van der Waals surface area contributed by atoms with Gasteiger partial charge in [-0.1, -0.05) is 0 Å². The van der Waals surface area contributed by atoms with E-state index in [1.807, 2.05) is 0 Å². The second-order valence-corrected chi connectivity index (χ2v) is 5.24. The molecule has 2 bridgehead atoms. The number of ether oxygens (including phenoxy) is 1. The highest BCUT2D eigenvalue weighted by Gasteiger charge is 2.51. The van der Waals surface area contributed by atoms with Gasteiger partial charge in [0.25, 0.3) is 0 Å². The van der Waals surface area contributed by atoms with Crippen LogP contribution in [0.4, 0.5) is 0 Å². The van der Waals surface area contributed by atoms with Crippen molar-refractivity contribution in [2.75, 3.05) is 25.4 Å². The zero-order valence-electron chi connectivity index (χ0n) is 12.0. The Hall–Kier alpha value is 0.560. The standard InChI is InChI=1S/C10H17NOS.ClH/c1-8-12-10(7-13-8)6-11-4-2-9(10)3-5-11;/h8-9H,2-7H2,1H3;1H/t8-,10?;/m0./s1/i1D3,8D;. The van der Waals surface area contributed by atoms with Crippen LogP contribution in [0.15, 0.2) is 0 Å². The topological polar surface area (TPSA) is 12.5 Å². The third-order valence-corrected chi connectivity index (χ3v) is 4.54. The lowest BCUT2D eigenvalue weighted by molar-refractivity contribution is -0.133. The third-order valence-electron chi connectivity index (χ3n) is 3.57. The number of piperidine rings is 3. The number of nitrogens with zero attached hydrogens (tertiary/aromatic N) is 1. The number of hydrogen-bond donors (Lipinski definition) is 0. The van der Waals surface area contributed by atoms with Crippen molar-refractivity contribution in [2.45, 2.75) is 30.7 Å². The summed E-state index contributed by atoms with van der Waals surface area (Å²) in [5.74, 6) is 1.09. The van der Waals surface area contributed by atoms with Crippen molar-refractivity contribution in [1.29, 1.82) is 0 Å². The number of fused-ring (bicyclic) bond motifs is 2. The molecule has 0 aromatic rings. The summed E-state index contributed by atoms with van der Waals surface area (Å²) in [6, 6.07) is 0. The molecule has 0 N–H and O–H groups in total. The zero-order valence-corrected chi connectivity index (χ0v) is 9.62. The number of thioether (sulfide) groups is 1. The Morgan fingerprint density at radius 1 is 1.57 bits per heavy atom. The molecule has 1 unspecified atom stereocenters. The van der Waals surface area contributed by atoms with E-state index < -0.39 is 12.3 Å². The lowest BCUT2D eigenvalue weighted by Gasteiger charge is -2.50. The van der Waals surface area contributed by atoms with E-state index >= 15 is 0 Å². The van der Waals surface area contributed by atoms with E-state index in [1.54, 1.807) is 0 Å². The summed E-state index contributed by atoms with van der Waals surface area (Å²) in [7, 11) is 0. The van der Waals surface area contributed by atoms with Gasteiger partial charge >= 0.3 is 0 Å². The summed E-state index contributed by atoms with van der Waals surface area (Å²) in [5, 5.41) is 0. The van der Waals surface area contributed by atoms with Gasteiger partial charge in [-0.15, -0.1) is 24.2 Å². The summed E-state index contributed by atoms with van der Waals surface area (Å²) in [6.45, 7) is 0.632. The average Bonchev–Trinajstić information content (AvgIpc) is 2.58. The molecule has 4 rings (SSSR count). The van der Waals surface area contributed by atoms with Crippen LogP contribution in [0.5, 0.6) is 0 Å². The predicted octanol–water partition coefficient (Wildman–Crippen LogP) is 1.98. The molecule has 4 heterocycles. The number of hydrogen-bond acceptors (Lipinski definition) is 3. The molecular formula is C10H18ClNOS. The SMILES string of the molecule is Cl.[2H]C([2H])([2H])[C@@]1([2H])OC2(CS1)CN1CCC2CC1. The average molecular weight is 240 g/mol. The van der Waals surface area contributed by atoms with Crippen LogP contribution < -0.4 is 0 Å². The van der Waals surface area contributed by atoms with Crippen molar-refractivity contribution in [3.05, 3.63) is 0 Å². The molecule has 4 fully saturated rings. The lowest BCUT2D eigenvalue weighted by atomic mass is 9.76. The lowest BCUT2D eigenvalue weighted by Crippen LogP contribution is -2.60. The van der Waals surface area contributed by atoms with Gasteiger partial charge in [0.05, 0.1) is 6.97 Å². The molecule has 2 atom stereocenters. The Balaban J connectivity index is 0.00000120. The van der Waals surface area contributed by atoms with Gasteiger partial charge in [0.2, 0.25) is 0 Å². The van der Waals surface area contributed by atoms with Gasteiger partial charge in [0.15, 0.2) is 0 Å². The van der Waals surface area contributed by atoms with E-state index in [9.17, 15) is 0 Å². The summed E-state index contributed by atoms with van der Waals surface area (Å²) in [4.78, 5) is 2.34. The van der Waals surface area contributed by atoms with E-state index in [4.69, 9.17) is 10.2 Å². The Morgan fingerprint density at radius 2 is 2.36 bits per heavy atom. The fraction of sp³-hybridized carbons (Fsp3) is 1.00. The molecule has 0 aliphatic carbocycles. The first kappa shape index (κ1) is 7.00. The molecular weight excluding hydrogens is 218 g/mol. The van der Waals surface area contributed by atoms with Crippen LogP contribution in [0.25, 0.3) is 0 Å². The molecule has 4 aliphatic heterocycles. The second-order valence-electron chi connectivity index (χ2n) is 4.29. The molecule has 4 heteroatoms. The van der Waals surface area contributed by atoms with Gasteiger partial charge < -0.3 is 9.64 Å². The highest BCUT2D eigenvalue weighted by Crippen LogP contribution is 2.46. The van der Waals surface area contributed by atoms with Crippen LogP contribution in [0.3, 0.4) is 0 Å². The van der Waals surface area contributed by atoms with Crippen molar-refractivity contribution in [2.24, 2.45) is 5.92 Å². The first-order valence-corrected chi connectivity index (χ1v) is 5.90. The van der Waals surface area contributed by atoms with Crippen LogP contribution in [0.2, 0.25) is 0 Å². The summed E-state index contributed by atoms with van der Waals surface area (Å²) < 4.78 is 36.2. The van der Waals surface area contributed by atoms with E-state index in [1.165, 1.54) is 0 Å². The molecule has 0 saturated carbocycles. The van der Waals surface area contributed by atoms with Gasteiger partial charge in [-0.3, -0.25) is 0 Å². The third kappa shape index (κ3) is 1.58. The van der Waals surface area contributed by atoms with Crippen molar-refractivity contribution in [3.8, 4) is 0 Å². The Morgan fingerprint density at radius 3 is 2.86 bits per heavy atom. The number of halogens is 1. The predicted molar refractivity (Wildman–Crippen MR) is 62.1 cm³/mol. The fourth-order valence-corrected chi connectivity index (χ4v) is 3.82. The molecule has 82 valence electrons. The van der Waals surface area contributed by atoms with E-state index in [0.717, 1.165) is 44.2 Å². The van der Waals surface area contributed by atoms with E-state index in [0.29, 0.717) is 11.7 Å². The van der Waals surface area contributed by atoms with E-state index in [-0.39, 0.29) is 18.0 Å². The van der Waals surface area contributed by atoms with Crippen LogP contribution in [-0.2, 0) is 4.74 Å². The minimum Gasteiger partial charge on any atom is -0.359 e. The monoisotopic (exact) mass is 239 g/mol. The van der Waals surface area contributed by atoms with E-state index in [2.05, 4.69) is 4.90 Å². The maximum Gasteiger partial charge on any atom is 0.101 e. The van der Waals surface area contributed by atoms with Gasteiger partial charge in [0, 0.05) is 16.4 Å². The molecule has 1 spiro atoms. The maximum absolute atomic E-state index is 8.03. The molecule has 4 saturated heterocycles. The molecule has 0 aromatic carbocycles. The van der Waals surface area contributed by atoms with Gasteiger partial charge in [-0.05, 0) is 38.7 Å². The smallest absolute Gasteiger partial charge is 0.101 e. The molecule has 0 aromatic heterocycles. The molecule has 14 heavy (non-hydrogen) atoms. The molecule has 4 aliphatic rings. The van der Waals surface area contributed by atoms with Gasteiger partial charge in [0.1, 0.15) is 5.41 Å². The number of rotatable bonds is 0. The van der Waals surface area contributed by atoms with Crippen LogP contribution >= 0.6 is 24.2 Å². The van der Waals surface area contributed by atoms with Crippen molar-refractivity contribution in [3.63, 3.8) is 0 Å². The molecule has 0 amide bonds. The molecule has 2 nitrogen and oxygen atoms in total. The van der Waals surface area contributed by atoms with Crippen molar-refractivity contribution in [1.82, 2.24) is 4.90 Å². The molecule has 0 radical (unpaired) electrons. The first-order chi connectivity index (χ1) is 7.85. The Bertz CT molecular complexity index is 336. The van der Waals surface area contributed by atoms with Crippen molar-refractivity contribution >= 4 is 24.2 Å². The Kier molecular flexibility index (Phi) is 1.93. The zero-order chi connectivity index (χ0) is 12.3. The minimum atomic E-state index is -2.37. The van der Waals surface area contributed by atoms with Crippen LogP contribution in [-0.4, -0.2) is 41.3 Å². The summed E-state index contributed by atoms with van der Waals surface area (Å²) in [5.41, 5.74) is -2.14. The summed E-state index contributed by atoms with van der Waals surface area (Å²) >= 11 is 1.15. The fourth-order valence-electron chi connectivity index (χ4n) is 2.84. The minimum absolute atomic E-state index is 0. The second kappa shape index (κ2) is 3.85. The normalized spacial score (nSPS) is 61.1. The van der Waals surface area contributed by atoms with Crippen molar-refractivity contribution < 1.29 is 10.2 Å². The van der Waals surface area contributed by atoms with Gasteiger partial charge in [-0.2, -0.15) is 0 Å². The van der Waals surface area contributed by atoms with Gasteiger partial charge in [-0.25, -0.2) is 0 Å². The highest BCUT2D eigenvalue weighted by atomic mass is 35.5. The maximum atomic E-state index is 8.03. The highest BCUT2D eigenvalue weighted by molar-refractivity contribution is 8.00. The largest absolute Gasteiger partial charge is 0.359 e. The van der Waals surface area contributed by atoms with Crippen LogP contribution in [0.1, 0.15) is 25.2 Å². The Labute approximate surface area is 102 Å². The quantitative estimate of drug-likeness (QED) is 0.642. The first-order valence-electron chi connectivity index (χ1n) is 6.91.